The second-order valence-corrected chi connectivity index (χ2v) is 3.01. The van der Waals surface area contributed by atoms with E-state index in [1.165, 1.54) is 0 Å². The van der Waals surface area contributed by atoms with Crippen molar-refractivity contribution in [1.29, 1.82) is 0 Å². The van der Waals surface area contributed by atoms with Gasteiger partial charge >= 0.3 is 0 Å². The van der Waals surface area contributed by atoms with E-state index in [0.29, 0.717) is 5.82 Å². The molecule has 2 heterocycles. The minimum Gasteiger partial charge on any atom is -0.382 e. The van der Waals surface area contributed by atoms with E-state index in [2.05, 4.69) is 17.0 Å². The van der Waals surface area contributed by atoms with Crippen molar-refractivity contribution in [2.75, 3.05) is 5.73 Å². The Morgan fingerprint density at radius 3 is 2.93 bits per heavy atom. The Morgan fingerprint density at radius 2 is 2.29 bits per heavy atom. The molecule has 0 radical (unpaired) electrons. The number of nitrogens with zero attached hydrogens (tertiary/aromatic N) is 3. The number of aromatic nitrogens is 3. The Hall–Kier alpha value is -1.84. The highest BCUT2D eigenvalue weighted by molar-refractivity contribution is 5.35. The first-order valence-electron chi connectivity index (χ1n) is 4.57. The number of pyridine rings is 1. The van der Waals surface area contributed by atoms with Gasteiger partial charge in [0.1, 0.15) is 5.82 Å². The quantitative estimate of drug-likeness (QED) is 0.775. The van der Waals surface area contributed by atoms with Gasteiger partial charge in [0.05, 0.1) is 0 Å². The molecule has 2 aromatic rings. The topological polar surface area (TPSA) is 56.7 Å². The van der Waals surface area contributed by atoms with Crippen molar-refractivity contribution in [1.82, 2.24) is 14.8 Å². The summed E-state index contributed by atoms with van der Waals surface area (Å²) >= 11 is 0. The molecule has 14 heavy (non-hydrogen) atoms. The molecule has 0 atom stereocenters. The lowest BCUT2D eigenvalue weighted by molar-refractivity contribution is 0.792. The summed E-state index contributed by atoms with van der Waals surface area (Å²) in [5.74, 6) is 1.34. The maximum Gasteiger partial charge on any atom is 0.153 e. The van der Waals surface area contributed by atoms with Crippen LogP contribution in [0.15, 0.2) is 30.5 Å². The molecule has 0 saturated carbocycles. The SMILES string of the molecule is CCc1cc(N)nn1-c1ccccn1. The highest BCUT2D eigenvalue weighted by Gasteiger charge is 2.05. The lowest BCUT2D eigenvalue weighted by atomic mass is 10.3. The third-order valence-corrected chi connectivity index (χ3v) is 2.03. The van der Waals surface area contributed by atoms with Gasteiger partial charge < -0.3 is 5.73 Å². The Morgan fingerprint density at radius 1 is 1.43 bits per heavy atom. The van der Waals surface area contributed by atoms with Crippen LogP contribution in [-0.4, -0.2) is 14.8 Å². The smallest absolute Gasteiger partial charge is 0.153 e. The summed E-state index contributed by atoms with van der Waals surface area (Å²) in [7, 11) is 0. The Labute approximate surface area is 82.4 Å². The van der Waals surface area contributed by atoms with E-state index >= 15 is 0 Å². The van der Waals surface area contributed by atoms with Crippen molar-refractivity contribution in [2.45, 2.75) is 13.3 Å². The van der Waals surface area contributed by atoms with Gasteiger partial charge in [0.2, 0.25) is 0 Å². The number of nitrogen functional groups attached to an aromatic ring is 1. The average molecular weight is 188 g/mol. The monoisotopic (exact) mass is 188 g/mol. The van der Waals surface area contributed by atoms with Crippen LogP contribution < -0.4 is 5.73 Å². The molecule has 0 fully saturated rings. The van der Waals surface area contributed by atoms with Crippen LogP contribution in [0.1, 0.15) is 12.6 Å². The molecule has 0 aliphatic heterocycles. The molecular formula is C10H12N4. The summed E-state index contributed by atoms with van der Waals surface area (Å²) in [6.45, 7) is 2.07. The molecule has 4 heteroatoms. The van der Waals surface area contributed by atoms with Gasteiger partial charge in [0.15, 0.2) is 5.82 Å². The zero-order chi connectivity index (χ0) is 9.97. The molecule has 2 N–H and O–H groups in total. The molecule has 2 rings (SSSR count). The molecule has 0 unspecified atom stereocenters. The van der Waals surface area contributed by atoms with E-state index in [0.717, 1.165) is 17.9 Å². The summed E-state index contributed by atoms with van der Waals surface area (Å²) < 4.78 is 1.77. The van der Waals surface area contributed by atoms with Gasteiger partial charge in [-0.05, 0) is 18.6 Å². The minimum atomic E-state index is 0.535. The standard InChI is InChI=1S/C10H12N4/c1-2-8-7-9(11)13-14(8)10-5-3-4-6-12-10/h3-7H,2H2,1H3,(H2,11,13). The normalized spacial score (nSPS) is 10.4. The van der Waals surface area contributed by atoms with Crippen LogP contribution in [0.3, 0.4) is 0 Å². The number of rotatable bonds is 2. The van der Waals surface area contributed by atoms with E-state index in [1.807, 2.05) is 24.3 Å². The molecule has 4 nitrogen and oxygen atoms in total. The molecule has 0 aliphatic rings. The van der Waals surface area contributed by atoms with Gasteiger partial charge in [-0.15, -0.1) is 5.10 Å². The number of hydrogen-bond acceptors (Lipinski definition) is 3. The molecule has 0 aromatic carbocycles. The molecule has 0 amide bonds. The molecule has 0 saturated heterocycles. The highest BCUT2D eigenvalue weighted by atomic mass is 15.3. The fourth-order valence-electron chi connectivity index (χ4n) is 1.37. The summed E-state index contributed by atoms with van der Waals surface area (Å²) in [5, 5.41) is 4.18. The molecular weight excluding hydrogens is 176 g/mol. The number of anilines is 1. The van der Waals surface area contributed by atoms with Gasteiger partial charge in [-0.1, -0.05) is 13.0 Å². The van der Waals surface area contributed by atoms with Crippen LogP contribution in [0, 0.1) is 0 Å². The van der Waals surface area contributed by atoms with Crippen molar-refractivity contribution in [3.8, 4) is 5.82 Å². The van der Waals surface area contributed by atoms with Crippen molar-refractivity contribution in [3.05, 3.63) is 36.2 Å². The van der Waals surface area contributed by atoms with Gasteiger partial charge in [0.25, 0.3) is 0 Å². The Kier molecular flexibility index (Phi) is 2.18. The third kappa shape index (κ3) is 1.46. The van der Waals surface area contributed by atoms with E-state index in [4.69, 9.17) is 5.73 Å². The summed E-state index contributed by atoms with van der Waals surface area (Å²) in [6.07, 6.45) is 2.63. The summed E-state index contributed by atoms with van der Waals surface area (Å²) in [4.78, 5) is 4.22. The number of nitrogens with two attached hydrogens (primary N) is 1. The van der Waals surface area contributed by atoms with Crippen molar-refractivity contribution in [2.24, 2.45) is 0 Å². The first kappa shape index (κ1) is 8.74. The second kappa shape index (κ2) is 3.49. The zero-order valence-corrected chi connectivity index (χ0v) is 8.01. The van der Waals surface area contributed by atoms with E-state index in [9.17, 15) is 0 Å². The minimum absolute atomic E-state index is 0.535. The fourth-order valence-corrected chi connectivity index (χ4v) is 1.37. The van der Waals surface area contributed by atoms with E-state index in [-0.39, 0.29) is 0 Å². The Balaban J connectivity index is 2.51. The van der Waals surface area contributed by atoms with E-state index < -0.39 is 0 Å². The van der Waals surface area contributed by atoms with Crippen molar-refractivity contribution < 1.29 is 0 Å². The lowest BCUT2D eigenvalue weighted by Gasteiger charge is -2.02. The van der Waals surface area contributed by atoms with Crippen LogP contribution in [0.2, 0.25) is 0 Å². The van der Waals surface area contributed by atoms with Crippen LogP contribution in [0.4, 0.5) is 5.82 Å². The molecule has 2 aromatic heterocycles. The van der Waals surface area contributed by atoms with Gasteiger partial charge in [-0.25, -0.2) is 9.67 Å². The highest BCUT2D eigenvalue weighted by Crippen LogP contribution is 2.11. The molecule has 0 bridgehead atoms. The maximum absolute atomic E-state index is 5.63. The molecule has 0 spiro atoms. The van der Waals surface area contributed by atoms with Crippen molar-refractivity contribution >= 4 is 5.82 Å². The zero-order valence-electron chi connectivity index (χ0n) is 8.01. The van der Waals surface area contributed by atoms with Gasteiger partial charge in [-0.3, -0.25) is 0 Å². The third-order valence-electron chi connectivity index (χ3n) is 2.03. The average Bonchev–Trinajstić information content (AvgIpc) is 2.61. The Bertz CT molecular complexity index is 419. The number of aryl methyl sites for hydroxylation is 1. The van der Waals surface area contributed by atoms with Crippen molar-refractivity contribution in [3.63, 3.8) is 0 Å². The predicted molar refractivity (Wildman–Crippen MR) is 55.1 cm³/mol. The largest absolute Gasteiger partial charge is 0.382 e. The van der Waals surface area contributed by atoms with Crippen LogP contribution in [0.5, 0.6) is 0 Å². The molecule has 0 aliphatic carbocycles. The maximum atomic E-state index is 5.63. The number of hydrogen-bond donors (Lipinski definition) is 1. The van der Waals surface area contributed by atoms with Crippen LogP contribution in [0.25, 0.3) is 5.82 Å². The van der Waals surface area contributed by atoms with Crippen LogP contribution >= 0.6 is 0 Å². The summed E-state index contributed by atoms with van der Waals surface area (Å²) in [5.41, 5.74) is 6.70. The lowest BCUT2D eigenvalue weighted by Crippen LogP contribution is -2.03. The first-order valence-corrected chi connectivity index (χ1v) is 4.57. The fraction of sp³-hybridized carbons (Fsp3) is 0.200. The predicted octanol–water partition coefficient (Wildman–Crippen LogP) is 1.41. The molecule has 72 valence electrons. The van der Waals surface area contributed by atoms with Gasteiger partial charge in [-0.2, -0.15) is 0 Å². The van der Waals surface area contributed by atoms with Crippen LogP contribution in [-0.2, 0) is 6.42 Å². The second-order valence-electron chi connectivity index (χ2n) is 3.01. The van der Waals surface area contributed by atoms with Gasteiger partial charge in [0, 0.05) is 18.0 Å². The van der Waals surface area contributed by atoms with E-state index in [1.54, 1.807) is 10.9 Å². The first-order chi connectivity index (χ1) is 6.81. The summed E-state index contributed by atoms with van der Waals surface area (Å²) in [6, 6.07) is 7.59.